The van der Waals surface area contributed by atoms with Gasteiger partial charge in [0.05, 0.1) is 11.7 Å². The summed E-state index contributed by atoms with van der Waals surface area (Å²) in [5.41, 5.74) is 12.6. The van der Waals surface area contributed by atoms with Crippen molar-refractivity contribution in [2.24, 2.45) is 5.92 Å². The van der Waals surface area contributed by atoms with E-state index in [0.29, 0.717) is 0 Å². The number of hydrogen-bond acceptors (Lipinski definition) is 2. The molecule has 2 atom stereocenters. The topological polar surface area (TPSA) is 6.48 Å². The zero-order valence-electron chi connectivity index (χ0n) is 27.5. The summed E-state index contributed by atoms with van der Waals surface area (Å²) < 4.78 is 0. The van der Waals surface area contributed by atoms with Crippen LogP contribution in [0, 0.1) is 5.92 Å². The number of para-hydroxylation sites is 2. The van der Waals surface area contributed by atoms with Gasteiger partial charge in [-0.1, -0.05) is 140 Å². The normalized spacial score (nSPS) is 18.6. The van der Waals surface area contributed by atoms with Crippen LogP contribution < -0.4 is 9.80 Å². The first kappa shape index (κ1) is 28.6. The Morgan fingerprint density at radius 3 is 1.78 bits per heavy atom. The van der Waals surface area contributed by atoms with Gasteiger partial charge >= 0.3 is 0 Å². The van der Waals surface area contributed by atoms with Gasteiger partial charge in [0.15, 0.2) is 0 Å². The average molecular weight is 639 g/mol. The van der Waals surface area contributed by atoms with Crippen molar-refractivity contribution in [2.75, 3.05) is 9.80 Å². The Bertz CT molecular complexity index is 2540. The molecule has 6 aromatic carbocycles. The Kier molecular flexibility index (Phi) is 6.67. The van der Waals surface area contributed by atoms with Crippen molar-refractivity contribution in [1.82, 2.24) is 0 Å². The van der Waals surface area contributed by atoms with E-state index in [1.54, 1.807) is 0 Å². The van der Waals surface area contributed by atoms with Crippen LogP contribution in [0.15, 0.2) is 228 Å². The number of anilines is 4. The maximum Gasteiger partial charge on any atom is 0.0782 e. The third-order valence-electron chi connectivity index (χ3n) is 10.5. The highest BCUT2D eigenvalue weighted by Gasteiger charge is 2.39. The van der Waals surface area contributed by atoms with Crippen molar-refractivity contribution in [3.63, 3.8) is 0 Å². The Hall–Kier alpha value is -6.38. The van der Waals surface area contributed by atoms with Gasteiger partial charge in [-0.2, -0.15) is 0 Å². The van der Waals surface area contributed by atoms with Crippen LogP contribution in [0.25, 0.3) is 21.5 Å². The third kappa shape index (κ3) is 4.64. The van der Waals surface area contributed by atoms with Crippen molar-refractivity contribution in [2.45, 2.75) is 6.04 Å². The van der Waals surface area contributed by atoms with Crippen LogP contribution in [0.4, 0.5) is 22.7 Å². The molecule has 0 spiro atoms. The summed E-state index contributed by atoms with van der Waals surface area (Å²) in [6.45, 7) is 0. The number of benzene rings is 6. The first-order valence-electron chi connectivity index (χ1n) is 17.4. The molecule has 4 aliphatic carbocycles. The zero-order chi connectivity index (χ0) is 33.0. The number of hydrogen-bond donors (Lipinski definition) is 0. The lowest BCUT2D eigenvalue weighted by Crippen LogP contribution is -2.37. The molecule has 0 amide bonds. The monoisotopic (exact) mass is 638 g/mol. The maximum atomic E-state index is 2.50. The van der Waals surface area contributed by atoms with Gasteiger partial charge in [0, 0.05) is 28.7 Å². The van der Waals surface area contributed by atoms with Crippen molar-refractivity contribution in [3.8, 4) is 0 Å². The molecular weight excluding hydrogens is 605 g/mol. The standard InChI is InChI=1S/C48H34N2/c1-3-15-39(16-4-1)49(41-25-19-33-11-7-9-13-37(33)31-41)45-29-23-35-22-28-44-46(30-24-36-21-27-43(45)47(35)48(36)44)50(40-17-5-2-6-18-40)42-26-20-34-12-8-10-14-38(34)32-42/h1-32,45,48H. The summed E-state index contributed by atoms with van der Waals surface area (Å²) in [6, 6.07) is 52.6. The van der Waals surface area contributed by atoms with E-state index >= 15 is 0 Å². The van der Waals surface area contributed by atoms with E-state index < -0.39 is 0 Å². The number of fused-ring (bicyclic) bond motifs is 2. The van der Waals surface area contributed by atoms with E-state index in [2.05, 4.69) is 204 Å². The fraction of sp³-hybridized carbons (Fsp3) is 0.0417. The Balaban J connectivity index is 1.12. The Labute approximate surface area is 292 Å². The van der Waals surface area contributed by atoms with Gasteiger partial charge in [0.25, 0.3) is 0 Å². The predicted molar refractivity (Wildman–Crippen MR) is 210 cm³/mol. The highest BCUT2D eigenvalue weighted by molar-refractivity contribution is 5.90. The van der Waals surface area contributed by atoms with Gasteiger partial charge in [-0.15, -0.1) is 0 Å². The molecule has 0 saturated carbocycles. The van der Waals surface area contributed by atoms with Crippen LogP contribution in [0.2, 0.25) is 0 Å². The lowest BCUT2D eigenvalue weighted by molar-refractivity contribution is 0.773. The Morgan fingerprint density at radius 2 is 1.06 bits per heavy atom. The minimum atomic E-state index is 0.0305. The second-order valence-electron chi connectivity index (χ2n) is 13.3. The average Bonchev–Trinajstić information content (AvgIpc) is 3.19. The fourth-order valence-electron chi connectivity index (χ4n) is 8.23. The minimum Gasteiger partial charge on any atom is -0.330 e. The largest absolute Gasteiger partial charge is 0.330 e. The summed E-state index contributed by atoms with van der Waals surface area (Å²) >= 11 is 0. The van der Waals surface area contributed by atoms with Crippen molar-refractivity contribution in [1.29, 1.82) is 0 Å². The molecule has 0 saturated heterocycles. The van der Waals surface area contributed by atoms with Crippen LogP contribution in [0.3, 0.4) is 0 Å². The molecule has 2 nitrogen and oxygen atoms in total. The van der Waals surface area contributed by atoms with Crippen molar-refractivity contribution in [3.05, 3.63) is 228 Å². The second kappa shape index (κ2) is 11.6. The number of nitrogens with zero attached hydrogens (tertiary/aromatic N) is 2. The summed E-state index contributed by atoms with van der Waals surface area (Å²) in [5, 5.41) is 4.98. The smallest absolute Gasteiger partial charge is 0.0782 e. The van der Waals surface area contributed by atoms with E-state index in [4.69, 9.17) is 0 Å². The maximum absolute atomic E-state index is 2.50. The third-order valence-corrected chi connectivity index (χ3v) is 10.5. The van der Waals surface area contributed by atoms with Gasteiger partial charge in [0.2, 0.25) is 0 Å². The van der Waals surface area contributed by atoms with Gasteiger partial charge < -0.3 is 9.80 Å². The van der Waals surface area contributed by atoms with E-state index in [9.17, 15) is 0 Å². The van der Waals surface area contributed by atoms with E-state index in [1.807, 2.05) is 0 Å². The zero-order valence-corrected chi connectivity index (χ0v) is 27.5. The van der Waals surface area contributed by atoms with E-state index in [-0.39, 0.29) is 12.0 Å². The van der Waals surface area contributed by atoms with Crippen LogP contribution in [-0.4, -0.2) is 6.04 Å². The molecule has 236 valence electrons. The predicted octanol–water partition coefficient (Wildman–Crippen LogP) is 12.1. The quantitative estimate of drug-likeness (QED) is 0.179. The van der Waals surface area contributed by atoms with Gasteiger partial charge in [0.1, 0.15) is 0 Å². The molecule has 2 unspecified atom stereocenters. The molecule has 2 heteroatoms. The van der Waals surface area contributed by atoms with Crippen LogP contribution in [0.1, 0.15) is 0 Å². The van der Waals surface area contributed by atoms with Crippen LogP contribution in [-0.2, 0) is 0 Å². The van der Waals surface area contributed by atoms with Crippen LogP contribution >= 0.6 is 0 Å². The summed E-state index contributed by atoms with van der Waals surface area (Å²) in [6.07, 6.45) is 18.8. The molecule has 0 fully saturated rings. The molecule has 50 heavy (non-hydrogen) atoms. The van der Waals surface area contributed by atoms with Crippen molar-refractivity contribution >= 4 is 44.3 Å². The lowest BCUT2D eigenvalue weighted by Gasteiger charge is -2.43. The fourth-order valence-corrected chi connectivity index (χ4v) is 8.23. The van der Waals surface area contributed by atoms with E-state index in [1.165, 1.54) is 66.5 Å². The Morgan fingerprint density at radius 1 is 0.440 bits per heavy atom. The molecule has 10 rings (SSSR count). The van der Waals surface area contributed by atoms with Crippen LogP contribution in [0.5, 0.6) is 0 Å². The summed E-state index contributed by atoms with van der Waals surface area (Å²) in [5.74, 6) is 0.142. The number of rotatable bonds is 6. The molecule has 0 aliphatic heterocycles. The summed E-state index contributed by atoms with van der Waals surface area (Å²) in [4.78, 5) is 4.94. The van der Waals surface area contributed by atoms with E-state index in [0.717, 1.165) is 11.4 Å². The van der Waals surface area contributed by atoms with Crippen molar-refractivity contribution < 1.29 is 0 Å². The molecule has 0 N–H and O–H groups in total. The SMILES string of the molecule is C1=CC(N(c2ccccc2)c2ccc3ccccc3c2)=C2C=CC3=C4C(=CC=C1C24)C(N(c1ccccc1)c1ccc2ccccc2c1)C=C3. The molecule has 0 heterocycles. The highest BCUT2D eigenvalue weighted by atomic mass is 15.2. The first-order valence-corrected chi connectivity index (χ1v) is 17.4. The molecule has 6 aromatic rings. The van der Waals surface area contributed by atoms with Gasteiger partial charge in [-0.25, -0.2) is 0 Å². The minimum absolute atomic E-state index is 0.0305. The highest BCUT2D eigenvalue weighted by Crippen LogP contribution is 2.51. The lowest BCUT2D eigenvalue weighted by atomic mass is 9.67. The van der Waals surface area contributed by atoms with Gasteiger partial charge in [-0.05, 0) is 104 Å². The van der Waals surface area contributed by atoms with Gasteiger partial charge in [-0.3, -0.25) is 0 Å². The first-order chi connectivity index (χ1) is 24.8. The molecule has 4 aliphatic rings. The second-order valence-corrected chi connectivity index (χ2v) is 13.3. The molecular formula is C48H34N2. The molecule has 0 radical (unpaired) electrons. The molecule has 0 aromatic heterocycles. The summed E-state index contributed by atoms with van der Waals surface area (Å²) in [7, 11) is 0. The number of allylic oxidation sites excluding steroid dienone is 10. The molecule has 0 bridgehead atoms.